The van der Waals surface area contributed by atoms with E-state index in [9.17, 15) is 5.11 Å². The van der Waals surface area contributed by atoms with Crippen LogP contribution in [0.15, 0.2) is 0 Å². The Morgan fingerprint density at radius 1 is 1.44 bits per heavy atom. The number of nitrogens with zero attached hydrogens (tertiary/aromatic N) is 1. The molecule has 1 aliphatic rings. The van der Waals surface area contributed by atoms with Gasteiger partial charge in [0.2, 0.25) is 0 Å². The van der Waals surface area contributed by atoms with E-state index in [1.807, 2.05) is 6.92 Å². The molecule has 16 heavy (non-hydrogen) atoms. The molecule has 2 atom stereocenters. The SMILES string of the molecule is CCOCCN(C)CC1CCC(C)(C)C1O. The highest BCUT2D eigenvalue weighted by molar-refractivity contribution is 4.91. The van der Waals surface area contributed by atoms with Crippen molar-refractivity contribution in [2.45, 2.75) is 39.7 Å². The van der Waals surface area contributed by atoms with Gasteiger partial charge in [0.15, 0.2) is 0 Å². The Balaban J connectivity index is 2.27. The van der Waals surface area contributed by atoms with Crippen molar-refractivity contribution in [2.75, 3.05) is 33.4 Å². The lowest BCUT2D eigenvalue weighted by Gasteiger charge is -2.28. The maximum absolute atomic E-state index is 10.2. The van der Waals surface area contributed by atoms with Crippen LogP contribution in [0.1, 0.15) is 33.6 Å². The van der Waals surface area contributed by atoms with E-state index in [0.29, 0.717) is 5.92 Å². The second-order valence-electron chi connectivity index (χ2n) is 5.69. The third-order valence-electron chi connectivity index (χ3n) is 3.77. The molecule has 0 amide bonds. The highest BCUT2D eigenvalue weighted by atomic mass is 16.5. The average molecular weight is 229 g/mol. The molecule has 0 aromatic heterocycles. The predicted molar refractivity (Wildman–Crippen MR) is 66.5 cm³/mol. The monoisotopic (exact) mass is 229 g/mol. The van der Waals surface area contributed by atoms with E-state index in [-0.39, 0.29) is 11.5 Å². The quantitative estimate of drug-likeness (QED) is 0.704. The first-order valence-corrected chi connectivity index (χ1v) is 6.41. The van der Waals surface area contributed by atoms with Crippen molar-refractivity contribution in [3.63, 3.8) is 0 Å². The predicted octanol–water partition coefficient (Wildman–Crippen LogP) is 1.75. The van der Waals surface area contributed by atoms with Crippen LogP contribution in [-0.2, 0) is 4.74 Å². The van der Waals surface area contributed by atoms with Crippen LogP contribution >= 0.6 is 0 Å². The largest absolute Gasteiger partial charge is 0.392 e. The minimum absolute atomic E-state index is 0.103. The number of rotatable bonds is 6. The summed E-state index contributed by atoms with van der Waals surface area (Å²) in [4.78, 5) is 2.27. The topological polar surface area (TPSA) is 32.7 Å². The van der Waals surface area contributed by atoms with E-state index in [1.165, 1.54) is 0 Å². The van der Waals surface area contributed by atoms with Crippen molar-refractivity contribution in [2.24, 2.45) is 11.3 Å². The van der Waals surface area contributed by atoms with E-state index < -0.39 is 0 Å². The van der Waals surface area contributed by atoms with Crippen LogP contribution in [0.25, 0.3) is 0 Å². The fourth-order valence-electron chi connectivity index (χ4n) is 2.55. The first kappa shape index (κ1) is 13.9. The van der Waals surface area contributed by atoms with Gasteiger partial charge in [-0.15, -0.1) is 0 Å². The van der Waals surface area contributed by atoms with Crippen molar-refractivity contribution < 1.29 is 9.84 Å². The maximum atomic E-state index is 10.2. The van der Waals surface area contributed by atoms with Gasteiger partial charge >= 0.3 is 0 Å². The van der Waals surface area contributed by atoms with Crippen molar-refractivity contribution in [3.05, 3.63) is 0 Å². The number of hydrogen-bond donors (Lipinski definition) is 1. The number of ether oxygens (including phenoxy) is 1. The van der Waals surface area contributed by atoms with Gasteiger partial charge in [0.25, 0.3) is 0 Å². The van der Waals surface area contributed by atoms with Gasteiger partial charge in [-0.25, -0.2) is 0 Å². The highest BCUT2D eigenvalue weighted by Crippen LogP contribution is 2.41. The Kier molecular flexibility index (Phi) is 5.22. The molecule has 0 spiro atoms. The van der Waals surface area contributed by atoms with Crippen LogP contribution in [0, 0.1) is 11.3 Å². The summed E-state index contributed by atoms with van der Waals surface area (Å²) in [7, 11) is 2.11. The summed E-state index contributed by atoms with van der Waals surface area (Å²) >= 11 is 0. The molecule has 3 heteroatoms. The van der Waals surface area contributed by atoms with Crippen LogP contribution < -0.4 is 0 Å². The Bertz CT molecular complexity index is 206. The van der Waals surface area contributed by atoms with Gasteiger partial charge in [-0.2, -0.15) is 0 Å². The zero-order valence-corrected chi connectivity index (χ0v) is 11.2. The normalized spacial score (nSPS) is 28.9. The van der Waals surface area contributed by atoms with Crippen molar-refractivity contribution in [1.29, 1.82) is 0 Å². The van der Waals surface area contributed by atoms with Gasteiger partial charge in [0.05, 0.1) is 12.7 Å². The van der Waals surface area contributed by atoms with Gasteiger partial charge in [-0.3, -0.25) is 0 Å². The number of aliphatic hydroxyl groups is 1. The number of hydrogen-bond acceptors (Lipinski definition) is 3. The molecular weight excluding hydrogens is 202 g/mol. The van der Waals surface area contributed by atoms with Gasteiger partial charge in [-0.1, -0.05) is 13.8 Å². The fraction of sp³-hybridized carbons (Fsp3) is 1.00. The minimum atomic E-state index is -0.151. The molecule has 0 saturated heterocycles. The fourth-order valence-corrected chi connectivity index (χ4v) is 2.55. The van der Waals surface area contributed by atoms with Crippen LogP contribution in [0.2, 0.25) is 0 Å². The van der Waals surface area contributed by atoms with E-state index in [4.69, 9.17) is 4.74 Å². The van der Waals surface area contributed by atoms with Crippen LogP contribution in [0.5, 0.6) is 0 Å². The molecule has 0 heterocycles. The molecule has 0 aromatic rings. The molecule has 1 N–H and O–H groups in total. The number of likely N-dealkylation sites (N-methyl/N-ethyl adjacent to an activating group) is 1. The third kappa shape index (κ3) is 3.72. The van der Waals surface area contributed by atoms with Gasteiger partial charge in [0, 0.05) is 19.7 Å². The molecule has 0 radical (unpaired) electrons. The molecule has 0 bridgehead atoms. The molecule has 1 fully saturated rings. The van der Waals surface area contributed by atoms with Crippen molar-refractivity contribution in [1.82, 2.24) is 4.90 Å². The van der Waals surface area contributed by atoms with E-state index in [2.05, 4.69) is 25.8 Å². The highest BCUT2D eigenvalue weighted by Gasteiger charge is 2.40. The molecule has 1 saturated carbocycles. The molecule has 1 aliphatic carbocycles. The van der Waals surface area contributed by atoms with E-state index >= 15 is 0 Å². The standard InChI is InChI=1S/C13H27NO2/c1-5-16-9-8-14(4)10-11-6-7-13(2,3)12(11)15/h11-12,15H,5-10H2,1-4H3. The van der Waals surface area contributed by atoms with E-state index in [0.717, 1.165) is 39.1 Å². The molecule has 2 unspecified atom stereocenters. The Labute approximate surface area is 99.8 Å². The first-order chi connectivity index (χ1) is 7.47. The van der Waals surface area contributed by atoms with Crippen LogP contribution in [-0.4, -0.2) is 49.5 Å². The molecule has 0 aliphatic heterocycles. The molecule has 1 rings (SSSR count). The van der Waals surface area contributed by atoms with Crippen molar-refractivity contribution >= 4 is 0 Å². The molecule has 0 aromatic carbocycles. The lowest BCUT2D eigenvalue weighted by molar-refractivity contribution is 0.0316. The maximum Gasteiger partial charge on any atom is 0.0631 e. The molecular formula is C13H27NO2. The van der Waals surface area contributed by atoms with Gasteiger partial charge in [-0.05, 0) is 38.1 Å². The zero-order chi connectivity index (χ0) is 12.2. The average Bonchev–Trinajstić information content (AvgIpc) is 2.46. The molecule has 96 valence electrons. The summed E-state index contributed by atoms with van der Waals surface area (Å²) in [6.07, 6.45) is 2.13. The smallest absolute Gasteiger partial charge is 0.0631 e. The number of aliphatic hydroxyl groups excluding tert-OH is 1. The van der Waals surface area contributed by atoms with Gasteiger partial charge in [0.1, 0.15) is 0 Å². The summed E-state index contributed by atoms with van der Waals surface area (Å²) in [5, 5.41) is 10.2. The summed E-state index contributed by atoms with van der Waals surface area (Å²) in [6, 6.07) is 0. The summed E-state index contributed by atoms with van der Waals surface area (Å²) < 4.78 is 5.33. The minimum Gasteiger partial charge on any atom is -0.392 e. The van der Waals surface area contributed by atoms with Gasteiger partial charge < -0.3 is 14.7 Å². The first-order valence-electron chi connectivity index (χ1n) is 6.41. The third-order valence-corrected chi connectivity index (χ3v) is 3.77. The lowest BCUT2D eigenvalue weighted by atomic mass is 9.87. The Morgan fingerprint density at radius 2 is 2.12 bits per heavy atom. The Hall–Kier alpha value is -0.120. The van der Waals surface area contributed by atoms with Crippen LogP contribution in [0.3, 0.4) is 0 Å². The molecule has 3 nitrogen and oxygen atoms in total. The summed E-state index contributed by atoms with van der Waals surface area (Å²) in [5.74, 6) is 0.432. The second kappa shape index (κ2) is 5.99. The summed E-state index contributed by atoms with van der Waals surface area (Å²) in [5.41, 5.74) is 0.103. The van der Waals surface area contributed by atoms with E-state index in [1.54, 1.807) is 0 Å². The lowest BCUT2D eigenvalue weighted by Crippen LogP contribution is -2.36. The Morgan fingerprint density at radius 3 is 2.62 bits per heavy atom. The second-order valence-corrected chi connectivity index (χ2v) is 5.69. The summed E-state index contributed by atoms with van der Waals surface area (Å²) in [6.45, 7) is 9.86. The van der Waals surface area contributed by atoms with Crippen LogP contribution in [0.4, 0.5) is 0 Å². The zero-order valence-electron chi connectivity index (χ0n) is 11.2. The van der Waals surface area contributed by atoms with Crippen molar-refractivity contribution in [3.8, 4) is 0 Å².